The molecule has 128 valence electrons. The molecule has 0 saturated carbocycles. The van der Waals surface area contributed by atoms with Gasteiger partial charge in [-0.3, -0.25) is 4.68 Å². The van der Waals surface area contributed by atoms with Crippen LogP contribution in [-0.4, -0.2) is 14.9 Å². The van der Waals surface area contributed by atoms with E-state index in [0.717, 1.165) is 22.5 Å². The summed E-state index contributed by atoms with van der Waals surface area (Å²) < 4.78 is 14.7. The Morgan fingerprint density at radius 1 is 1.12 bits per heavy atom. The highest BCUT2D eigenvalue weighted by Crippen LogP contribution is 2.17. The predicted molar refractivity (Wildman–Crippen MR) is 103 cm³/mol. The van der Waals surface area contributed by atoms with Gasteiger partial charge in [0.05, 0.1) is 18.4 Å². The highest BCUT2D eigenvalue weighted by Gasteiger charge is 2.05. The zero-order valence-electron chi connectivity index (χ0n) is 14.1. The average molecular weight is 354 g/mol. The van der Waals surface area contributed by atoms with Crippen LogP contribution in [0.1, 0.15) is 16.7 Å². The summed E-state index contributed by atoms with van der Waals surface area (Å²) in [5, 5.41) is 11.1. The van der Waals surface area contributed by atoms with E-state index in [1.807, 2.05) is 20.0 Å². The molecular weight excluding hydrogens is 335 g/mol. The van der Waals surface area contributed by atoms with Crippen LogP contribution in [0.25, 0.3) is 0 Å². The number of thiocarbonyl (C=S) groups is 1. The lowest BCUT2D eigenvalue weighted by atomic mass is 10.1. The van der Waals surface area contributed by atoms with Crippen LogP contribution in [0.5, 0.6) is 0 Å². The van der Waals surface area contributed by atoms with Gasteiger partial charge in [0, 0.05) is 11.9 Å². The van der Waals surface area contributed by atoms with Crippen molar-refractivity contribution in [3.05, 3.63) is 77.4 Å². The molecule has 2 aromatic carbocycles. The number of hydrogen-bond acceptors (Lipinski definition) is 2. The Morgan fingerprint density at radius 3 is 2.64 bits per heavy atom. The minimum absolute atomic E-state index is 0.241. The van der Waals surface area contributed by atoms with Crippen molar-refractivity contribution >= 4 is 28.7 Å². The molecule has 3 rings (SSSR count). The van der Waals surface area contributed by atoms with E-state index in [4.69, 9.17) is 12.2 Å². The summed E-state index contributed by atoms with van der Waals surface area (Å²) in [5.74, 6) is -0.241. The van der Waals surface area contributed by atoms with E-state index in [9.17, 15) is 4.39 Å². The molecule has 0 unspecified atom stereocenters. The fourth-order valence-corrected chi connectivity index (χ4v) is 2.67. The molecule has 0 amide bonds. The molecule has 0 aliphatic heterocycles. The molecular formula is C19H19FN4S. The molecule has 0 fully saturated rings. The summed E-state index contributed by atoms with van der Waals surface area (Å²) in [6.07, 6.45) is 3.57. The maximum atomic E-state index is 13.0. The monoisotopic (exact) mass is 354 g/mol. The minimum atomic E-state index is -0.241. The Labute approximate surface area is 151 Å². The number of halogens is 1. The number of rotatable bonds is 4. The number of benzene rings is 2. The van der Waals surface area contributed by atoms with Crippen molar-refractivity contribution in [1.29, 1.82) is 0 Å². The first-order valence-electron chi connectivity index (χ1n) is 7.92. The van der Waals surface area contributed by atoms with Gasteiger partial charge in [0.15, 0.2) is 5.11 Å². The largest absolute Gasteiger partial charge is 0.332 e. The van der Waals surface area contributed by atoms with E-state index in [-0.39, 0.29) is 5.82 Å². The molecule has 6 heteroatoms. The molecule has 1 heterocycles. The standard InChI is InChI=1S/C19H19FN4S/c1-13-3-4-14(2)18(9-13)23-19(25)22-17-10-21-24(12-17)11-15-5-7-16(20)8-6-15/h3-10,12H,11H2,1-2H3,(H2,22,23,25). The lowest BCUT2D eigenvalue weighted by Crippen LogP contribution is -2.19. The van der Waals surface area contributed by atoms with Crippen LogP contribution < -0.4 is 10.6 Å². The molecule has 25 heavy (non-hydrogen) atoms. The Morgan fingerprint density at radius 2 is 1.88 bits per heavy atom. The molecule has 0 bridgehead atoms. The van der Waals surface area contributed by atoms with Gasteiger partial charge in [-0.2, -0.15) is 5.10 Å². The lowest BCUT2D eigenvalue weighted by Gasteiger charge is -2.12. The molecule has 0 atom stereocenters. The van der Waals surface area contributed by atoms with E-state index in [2.05, 4.69) is 33.9 Å². The van der Waals surface area contributed by atoms with Crippen molar-refractivity contribution < 1.29 is 4.39 Å². The molecule has 0 radical (unpaired) electrons. The quantitative estimate of drug-likeness (QED) is 0.677. The van der Waals surface area contributed by atoms with Crippen LogP contribution >= 0.6 is 12.2 Å². The molecule has 2 N–H and O–H groups in total. The number of aryl methyl sites for hydroxylation is 2. The van der Waals surface area contributed by atoms with Gasteiger partial charge < -0.3 is 10.6 Å². The van der Waals surface area contributed by atoms with Crippen molar-refractivity contribution in [3.63, 3.8) is 0 Å². The van der Waals surface area contributed by atoms with Crippen LogP contribution in [0, 0.1) is 19.7 Å². The fraction of sp³-hybridized carbons (Fsp3) is 0.158. The van der Waals surface area contributed by atoms with Crippen molar-refractivity contribution in [1.82, 2.24) is 9.78 Å². The highest BCUT2D eigenvalue weighted by molar-refractivity contribution is 7.80. The van der Waals surface area contributed by atoms with Crippen molar-refractivity contribution in [2.24, 2.45) is 0 Å². The Bertz CT molecular complexity index is 887. The summed E-state index contributed by atoms with van der Waals surface area (Å²) in [6, 6.07) is 12.6. The van der Waals surface area contributed by atoms with Crippen LogP contribution in [0.4, 0.5) is 15.8 Å². The molecule has 4 nitrogen and oxygen atoms in total. The SMILES string of the molecule is Cc1ccc(C)c(NC(=S)Nc2cnn(Cc3ccc(F)cc3)c2)c1. The van der Waals surface area contributed by atoms with Gasteiger partial charge >= 0.3 is 0 Å². The summed E-state index contributed by atoms with van der Waals surface area (Å²) in [5.41, 5.74) is 5.05. The summed E-state index contributed by atoms with van der Waals surface area (Å²) in [6.45, 7) is 4.64. The fourth-order valence-electron chi connectivity index (χ4n) is 2.45. The molecule has 0 aliphatic carbocycles. The van der Waals surface area contributed by atoms with Gasteiger partial charge in [0.25, 0.3) is 0 Å². The molecule has 0 aliphatic rings. The van der Waals surface area contributed by atoms with Crippen LogP contribution in [0.2, 0.25) is 0 Å². The molecule has 0 saturated heterocycles. The van der Waals surface area contributed by atoms with E-state index < -0.39 is 0 Å². The molecule has 3 aromatic rings. The average Bonchev–Trinajstić information content (AvgIpc) is 3.00. The second-order valence-electron chi connectivity index (χ2n) is 5.95. The normalized spacial score (nSPS) is 10.5. The third kappa shape index (κ3) is 4.64. The smallest absolute Gasteiger partial charge is 0.175 e. The van der Waals surface area contributed by atoms with Gasteiger partial charge in [-0.1, -0.05) is 24.3 Å². The van der Waals surface area contributed by atoms with Gasteiger partial charge in [0.1, 0.15) is 5.82 Å². The highest BCUT2D eigenvalue weighted by atomic mass is 32.1. The number of nitrogens with zero attached hydrogens (tertiary/aromatic N) is 2. The number of anilines is 2. The summed E-state index contributed by atoms with van der Waals surface area (Å²) in [7, 11) is 0. The third-order valence-corrected chi connectivity index (χ3v) is 3.99. The summed E-state index contributed by atoms with van der Waals surface area (Å²) in [4.78, 5) is 0. The first-order chi connectivity index (χ1) is 12.0. The second-order valence-corrected chi connectivity index (χ2v) is 6.36. The van der Waals surface area contributed by atoms with Gasteiger partial charge in [0.2, 0.25) is 0 Å². The van der Waals surface area contributed by atoms with E-state index in [1.54, 1.807) is 23.0 Å². The topological polar surface area (TPSA) is 41.9 Å². The van der Waals surface area contributed by atoms with E-state index in [0.29, 0.717) is 11.7 Å². The zero-order valence-corrected chi connectivity index (χ0v) is 14.9. The van der Waals surface area contributed by atoms with Gasteiger partial charge in [-0.05, 0) is 61.0 Å². The molecule has 1 aromatic heterocycles. The Kier molecular flexibility index (Phi) is 5.09. The third-order valence-electron chi connectivity index (χ3n) is 3.79. The van der Waals surface area contributed by atoms with Crippen molar-refractivity contribution in [2.75, 3.05) is 10.6 Å². The molecule has 0 spiro atoms. The lowest BCUT2D eigenvalue weighted by molar-refractivity contribution is 0.624. The van der Waals surface area contributed by atoms with Crippen LogP contribution in [-0.2, 0) is 6.54 Å². The predicted octanol–water partition coefficient (Wildman–Crippen LogP) is 4.50. The van der Waals surface area contributed by atoms with Gasteiger partial charge in [-0.25, -0.2) is 4.39 Å². The number of nitrogens with one attached hydrogen (secondary N) is 2. The second kappa shape index (κ2) is 7.44. The maximum Gasteiger partial charge on any atom is 0.175 e. The van der Waals surface area contributed by atoms with E-state index >= 15 is 0 Å². The Hall–Kier alpha value is -2.73. The Balaban J connectivity index is 1.61. The summed E-state index contributed by atoms with van der Waals surface area (Å²) >= 11 is 5.37. The van der Waals surface area contributed by atoms with Crippen molar-refractivity contribution in [2.45, 2.75) is 20.4 Å². The zero-order chi connectivity index (χ0) is 17.8. The first-order valence-corrected chi connectivity index (χ1v) is 8.32. The minimum Gasteiger partial charge on any atom is -0.332 e. The van der Waals surface area contributed by atoms with Crippen molar-refractivity contribution in [3.8, 4) is 0 Å². The number of aromatic nitrogens is 2. The number of hydrogen-bond donors (Lipinski definition) is 2. The van der Waals surface area contributed by atoms with Crippen LogP contribution in [0.3, 0.4) is 0 Å². The van der Waals surface area contributed by atoms with E-state index in [1.165, 1.54) is 17.7 Å². The van der Waals surface area contributed by atoms with Crippen LogP contribution in [0.15, 0.2) is 54.9 Å². The van der Waals surface area contributed by atoms with Gasteiger partial charge in [-0.15, -0.1) is 0 Å². The first kappa shape index (κ1) is 17.1. The maximum absolute atomic E-state index is 13.0.